The van der Waals surface area contributed by atoms with E-state index in [1.54, 1.807) is 0 Å². The highest BCUT2D eigenvalue weighted by molar-refractivity contribution is 5.82. The van der Waals surface area contributed by atoms with Gasteiger partial charge >= 0.3 is 0 Å². The third-order valence-corrected chi connectivity index (χ3v) is 2.14. The summed E-state index contributed by atoms with van der Waals surface area (Å²) in [6, 6.07) is 3.08. The number of hydrogen-bond acceptors (Lipinski definition) is 4. The molecule has 1 saturated heterocycles. The summed E-state index contributed by atoms with van der Waals surface area (Å²) in [5, 5.41) is 22.7. The van der Waals surface area contributed by atoms with Gasteiger partial charge < -0.3 is 10.6 Å². The van der Waals surface area contributed by atoms with E-state index in [0.717, 1.165) is 6.42 Å². The van der Waals surface area contributed by atoms with Crippen molar-refractivity contribution in [3.8, 4) is 12.1 Å². The zero-order valence-corrected chi connectivity index (χ0v) is 7.79. The molecule has 5 heteroatoms. The van der Waals surface area contributed by atoms with Crippen LogP contribution >= 0.6 is 0 Å². The molecule has 74 valence electrons. The van der Waals surface area contributed by atoms with Gasteiger partial charge in [-0.2, -0.15) is 10.5 Å². The maximum absolute atomic E-state index is 11.5. The average molecular weight is 192 g/mol. The van der Waals surface area contributed by atoms with Crippen LogP contribution in [0.1, 0.15) is 19.3 Å². The molecule has 2 unspecified atom stereocenters. The molecule has 0 aromatic heterocycles. The Bertz CT molecular complexity index is 288. The minimum absolute atomic E-state index is 0.143. The van der Waals surface area contributed by atoms with Crippen LogP contribution in [-0.4, -0.2) is 24.5 Å². The van der Waals surface area contributed by atoms with Gasteiger partial charge in [0.15, 0.2) is 0 Å². The third-order valence-electron chi connectivity index (χ3n) is 2.14. The summed E-state index contributed by atoms with van der Waals surface area (Å²) in [6.07, 6.45) is 1.64. The molecule has 14 heavy (non-hydrogen) atoms. The van der Waals surface area contributed by atoms with Crippen LogP contribution in [0.3, 0.4) is 0 Å². The van der Waals surface area contributed by atoms with E-state index in [-0.39, 0.29) is 12.3 Å². The molecule has 0 aliphatic carbocycles. The Labute approximate surface area is 82.7 Å². The van der Waals surface area contributed by atoms with E-state index < -0.39 is 12.1 Å². The number of carbonyl (C=O) groups is 1. The number of carbonyl (C=O) groups excluding carboxylic acids is 1. The second-order valence-corrected chi connectivity index (χ2v) is 3.20. The number of nitriles is 2. The first-order chi connectivity index (χ1) is 6.77. The Balaban J connectivity index is 2.59. The monoisotopic (exact) mass is 192 g/mol. The summed E-state index contributed by atoms with van der Waals surface area (Å²) in [7, 11) is 0. The summed E-state index contributed by atoms with van der Waals surface area (Å²) in [6.45, 7) is 0.679. The third kappa shape index (κ3) is 2.72. The molecule has 0 radical (unpaired) electrons. The molecule has 2 N–H and O–H groups in total. The summed E-state index contributed by atoms with van der Waals surface area (Å²) < 4.78 is 0. The summed E-state index contributed by atoms with van der Waals surface area (Å²) in [5.41, 5.74) is 0. The number of rotatable bonds is 1. The van der Waals surface area contributed by atoms with Crippen molar-refractivity contribution in [2.75, 3.05) is 6.54 Å². The van der Waals surface area contributed by atoms with Crippen molar-refractivity contribution < 1.29 is 4.79 Å². The fourth-order valence-electron chi connectivity index (χ4n) is 1.37. The van der Waals surface area contributed by atoms with Crippen molar-refractivity contribution in [1.29, 1.82) is 10.5 Å². The first-order valence-electron chi connectivity index (χ1n) is 4.58. The molecule has 1 rings (SSSR count). The highest BCUT2D eigenvalue weighted by Crippen LogP contribution is 2.02. The number of amides is 1. The van der Waals surface area contributed by atoms with Crippen molar-refractivity contribution in [2.45, 2.75) is 31.3 Å². The maximum Gasteiger partial charge on any atom is 0.239 e. The van der Waals surface area contributed by atoms with Gasteiger partial charge in [-0.05, 0) is 19.4 Å². The van der Waals surface area contributed by atoms with Gasteiger partial charge in [0.25, 0.3) is 0 Å². The van der Waals surface area contributed by atoms with Crippen LogP contribution in [-0.2, 0) is 4.79 Å². The molecule has 1 aliphatic rings. The first kappa shape index (κ1) is 10.5. The quantitative estimate of drug-likeness (QED) is 0.595. The van der Waals surface area contributed by atoms with E-state index in [2.05, 4.69) is 10.6 Å². The minimum Gasteiger partial charge on any atom is -0.339 e. The second kappa shape index (κ2) is 5.21. The number of nitrogens with zero attached hydrogens (tertiary/aromatic N) is 2. The molecule has 0 spiro atoms. The fraction of sp³-hybridized carbons (Fsp3) is 0.667. The molecule has 5 nitrogen and oxygen atoms in total. The van der Waals surface area contributed by atoms with E-state index in [0.29, 0.717) is 13.0 Å². The Kier molecular flexibility index (Phi) is 3.90. The molecule has 1 amide bonds. The molecule has 0 bridgehead atoms. The van der Waals surface area contributed by atoms with E-state index in [9.17, 15) is 4.79 Å². The Morgan fingerprint density at radius 1 is 1.50 bits per heavy atom. The Hall–Kier alpha value is -1.59. The highest BCUT2D eigenvalue weighted by Gasteiger charge is 2.22. The van der Waals surface area contributed by atoms with Crippen LogP contribution in [0.15, 0.2) is 0 Å². The molecule has 1 fully saturated rings. The lowest BCUT2D eigenvalue weighted by Gasteiger charge is -2.21. The maximum atomic E-state index is 11.5. The van der Waals surface area contributed by atoms with Crippen LogP contribution in [0.5, 0.6) is 0 Å². The summed E-state index contributed by atoms with van der Waals surface area (Å²) >= 11 is 0. The second-order valence-electron chi connectivity index (χ2n) is 3.20. The van der Waals surface area contributed by atoms with Crippen LogP contribution in [0.4, 0.5) is 0 Å². The normalized spacial score (nSPS) is 27.7. The largest absolute Gasteiger partial charge is 0.339 e. The van der Waals surface area contributed by atoms with Gasteiger partial charge in [0.2, 0.25) is 5.91 Å². The van der Waals surface area contributed by atoms with Gasteiger partial charge in [0.1, 0.15) is 6.04 Å². The molecule has 0 saturated carbocycles. The molecule has 0 aromatic rings. The van der Waals surface area contributed by atoms with Gasteiger partial charge in [0.05, 0.1) is 24.6 Å². The van der Waals surface area contributed by atoms with E-state index in [1.165, 1.54) is 0 Å². The average Bonchev–Trinajstić information content (AvgIpc) is 2.17. The zero-order chi connectivity index (χ0) is 10.4. The fourth-order valence-corrected chi connectivity index (χ4v) is 1.37. The number of hydrogen-bond donors (Lipinski definition) is 2. The van der Waals surface area contributed by atoms with Gasteiger partial charge in [-0.3, -0.25) is 4.79 Å². The van der Waals surface area contributed by atoms with E-state index in [1.807, 2.05) is 12.1 Å². The lowest BCUT2D eigenvalue weighted by Crippen LogP contribution is -2.49. The topological polar surface area (TPSA) is 88.7 Å². The van der Waals surface area contributed by atoms with Crippen LogP contribution < -0.4 is 10.6 Å². The Morgan fingerprint density at radius 3 is 2.93 bits per heavy atom. The molecular formula is C9H12N4O. The Morgan fingerprint density at radius 2 is 2.29 bits per heavy atom. The highest BCUT2D eigenvalue weighted by atomic mass is 16.2. The summed E-state index contributed by atoms with van der Waals surface area (Å²) in [5.74, 6) is -0.252. The van der Waals surface area contributed by atoms with Gasteiger partial charge in [-0.15, -0.1) is 0 Å². The number of nitrogens with one attached hydrogen (secondary N) is 2. The lowest BCUT2D eigenvalue weighted by atomic mass is 10.1. The van der Waals surface area contributed by atoms with Crippen molar-refractivity contribution in [3.05, 3.63) is 0 Å². The standard InChI is InChI=1S/C9H12N4O/c10-4-3-8-9(14)13-7(6-11)2-1-5-12-8/h7-8,12H,1-3,5H2,(H,13,14). The molecular weight excluding hydrogens is 180 g/mol. The van der Waals surface area contributed by atoms with Gasteiger partial charge in [-0.25, -0.2) is 0 Å². The van der Waals surface area contributed by atoms with E-state index in [4.69, 9.17) is 10.5 Å². The van der Waals surface area contributed by atoms with Crippen LogP contribution in [0.25, 0.3) is 0 Å². The van der Waals surface area contributed by atoms with E-state index >= 15 is 0 Å². The predicted octanol–water partition coefficient (Wildman–Crippen LogP) is -0.340. The van der Waals surface area contributed by atoms with Crippen molar-refractivity contribution in [3.63, 3.8) is 0 Å². The zero-order valence-electron chi connectivity index (χ0n) is 7.79. The first-order valence-corrected chi connectivity index (χ1v) is 4.58. The molecule has 0 aromatic carbocycles. The lowest BCUT2D eigenvalue weighted by molar-refractivity contribution is -0.123. The van der Waals surface area contributed by atoms with Crippen molar-refractivity contribution in [2.24, 2.45) is 0 Å². The van der Waals surface area contributed by atoms with Crippen molar-refractivity contribution >= 4 is 5.91 Å². The summed E-state index contributed by atoms with van der Waals surface area (Å²) in [4.78, 5) is 11.5. The van der Waals surface area contributed by atoms with Crippen LogP contribution in [0.2, 0.25) is 0 Å². The molecule has 2 atom stereocenters. The van der Waals surface area contributed by atoms with Gasteiger partial charge in [-0.1, -0.05) is 0 Å². The minimum atomic E-state index is -0.476. The van der Waals surface area contributed by atoms with Crippen LogP contribution in [0, 0.1) is 22.7 Å². The molecule has 1 aliphatic heterocycles. The molecule has 1 heterocycles. The smallest absolute Gasteiger partial charge is 0.239 e. The van der Waals surface area contributed by atoms with Gasteiger partial charge in [0, 0.05) is 0 Å². The SMILES string of the molecule is N#CCC1NCCCC(C#N)NC1=O. The predicted molar refractivity (Wildman–Crippen MR) is 48.8 cm³/mol. The van der Waals surface area contributed by atoms with Crippen molar-refractivity contribution in [1.82, 2.24) is 10.6 Å².